The van der Waals surface area contributed by atoms with Crippen LogP contribution in [0.3, 0.4) is 0 Å². The Hall–Kier alpha value is -3.60. The van der Waals surface area contributed by atoms with Gasteiger partial charge in [-0.25, -0.2) is 0 Å². The predicted octanol–water partition coefficient (Wildman–Crippen LogP) is 2.55. The fourth-order valence-electron chi connectivity index (χ4n) is 4.66. The maximum absolute atomic E-state index is 12.4. The molecule has 2 N–H and O–H groups in total. The van der Waals surface area contributed by atoms with Crippen molar-refractivity contribution < 1.29 is 54.3 Å². The van der Waals surface area contributed by atoms with Gasteiger partial charge in [0.25, 0.3) is 15.3 Å². The van der Waals surface area contributed by atoms with Crippen molar-refractivity contribution in [3.8, 4) is 0 Å². The van der Waals surface area contributed by atoms with Crippen LogP contribution in [0.1, 0.15) is 77.6 Å². The normalized spacial score (nSPS) is 19.4. The van der Waals surface area contributed by atoms with Crippen molar-refractivity contribution in [3.05, 3.63) is 42.5 Å². The molecule has 1 aliphatic rings. The lowest BCUT2D eigenvalue weighted by Gasteiger charge is -2.29. The van der Waals surface area contributed by atoms with Crippen molar-refractivity contribution in [2.75, 3.05) is 26.4 Å². The molecule has 0 amide bonds. The van der Waals surface area contributed by atoms with Crippen LogP contribution in [0.15, 0.2) is 12.2 Å². The molecular formula is C25H41N3O14. The molecular weight excluding hydrogens is 566 g/mol. The Kier molecular flexibility index (Phi) is 16.9. The Bertz CT molecular complexity index is 869. The number of ether oxygens (including phenoxy) is 1. The topological polar surface area (TPSA) is 241 Å². The van der Waals surface area contributed by atoms with Crippen molar-refractivity contribution in [2.24, 2.45) is 17.3 Å². The highest BCUT2D eigenvalue weighted by Gasteiger charge is 2.39. The number of rotatable bonds is 24. The predicted molar refractivity (Wildman–Crippen MR) is 142 cm³/mol. The van der Waals surface area contributed by atoms with Gasteiger partial charge in [0.1, 0.15) is 32.2 Å². The molecule has 1 aliphatic carbocycles. The molecule has 240 valence electrons. The average molecular weight is 608 g/mol. The van der Waals surface area contributed by atoms with Gasteiger partial charge < -0.3 is 29.5 Å². The van der Waals surface area contributed by atoms with Crippen LogP contribution in [0, 0.1) is 47.6 Å². The van der Waals surface area contributed by atoms with E-state index >= 15 is 0 Å². The maximum Gasteiger partial charge on any atom is 0.305 e. The number of aliphatic hydroxyl groups excluding tert-OH is 2. The zero-order valence-electron chi connectivity index (χ0n) is 23.7. The molecule has 0 heterocycles. The van der Waals surface area contributed by atoms with Crippen LogP contribution in [0.2, 0.25) is 0 Å². The molecule has 0 aromatic heterocycles. The van der Waals surface area contributed by atoms with E-state index in [1.54, 1.807) is 12.2 Å². The lowest BCUT2D eigenvalue weighted by molar-refractivity contribution is -0.782. The summed E-state index contributed by atoms with van der Waals surface area (Å²) in [5, 5.41) is 48.6. The molecule has 42 heavy (non-hydrogen) atoms. The summed E-state index contributed by atoms with van der Waals surface area (Å²) < 4.78 is 5.06. The number of nitrogens with zero attached hydrogens (tertiary/aromatic N) is 3. The Morgan fingerprint density at radius 2 is 1.52 bits per heavy atom. The second kappa shape index (κ2) is 19.5. The van der Waals surface area contributed by atoms with E-state index in [9.17, 15) is 50.1 Å². The van der Waals surface area contributed by atoms with Gasteiger partial charge in [-0.2, -0.15) is 0 Å². The van der Waals surface area contributed by atoms with Crippen molar-refractivity contribution in [1.82, 2.24) is 0 Å². The minimum atomic E-state index is -1.90. The van der Waals surface area contributed by atoms with Crippen molar-refractivity contribution >= 4 is 11.8 Å². The van der Waals surface area contributed by atoms with Gasteiger partial charge in [-0.3, -0.25) is 9.59 Å². The number of ketones is 1. The first-order chi connectivity index (χ1) is 19.9. The fourth-order valence-corrected chi connectivity index (χ4v) is 4.66. The lowest BCUT2D eigenvalue weighted by Crippen LogP contribution is -2.43. The minimum Gasteiger partial charge on any atom is -0.465 e. The van der Waals surface area contributed by atoms with Crippen molar-refractivity contribution in [2.45, 2.75) is 89.8 Å². The summed E-state index contributed by atoms with van der Waals surface area (Å²) in [5.41, 5.74) is -1.90. The molecule has 4 atom stereocenters. The second-order valence-electron chi connectivity index (χ2n) is 10.5. The zero-order chi connectivity index (χ0) is 31.5. The number of carbonyl (C=O) groups is 2. The summed E-state index contributed by atoms with van der Waals surface area (Å²) in [4.78, 5) is 69.1. The average Bonchev–Trinajstić information content (AvgIpc) is 3.19. The molecule has 0 unspecified atom stereocenters. The first kappa shape index (κ1) is 36.4. The van der Waals surface area contributed by atoms with Gasteiger partial charge in [-0.05, 0) is 19.3 Å². The third-order valence-corrected chi connectivity index (χ3v) is 7.01. The van der Waals surface area contributed by atoms with Crippen LogP contribution in [-0.2, 0) is 28.8 Å². The number of aliphatic hydroxyl groups is 2. The van der Waals surface area contributed by atoms with E-state index in [0.717, 1.165) is 19.3 Å². The van der Waals surface area contributed by atoms with Gasteiger partial charge >= 0.3 is 5.97 Å². The molecule has 0 aromatic rings. The number of unbranched alkanes of at least 4 members (excludes halogenated alkanes) is 5. The monoisotopic (exact) mass is 607 g/mol. The Morgan fingerprint density at radius 1 is 0.952 bits per heavy atom. The van der Waals surface area contributed by atoms with E-state index < -0.39 is 65.3 Å². The van der Waals surface area contributed by atoms with Crippen LogP contribution in [0.25, 0.3) is 0 Å². The Morgan fingerprint density at radius 3 is 2.07 bits per heavy atom. The van der Waals surface area contributed by atoms with Crippen LogP contribution in [-0.4, -0.2) is 75.9 Å². The standard InChI is InChI=1S/C25H41N3O14/c1-2-3-6-9-19(29)12-13-21-20(22(30)14-23(21)31)10-7-4-5-8-11-24(32)39-15-25(16-40-26(33)34,17-41-27(35)36)18-42-28(37)38/h12-13,19-21,23,29,31H,2-11,14-18H2,1H3/b13-12+/t19-,20+,21+,23+/m0/s1. The van der Waals surface area contributed by atoms with Crippen LogP contribution in [0.5, 0.6) is 0 Å². The quantitative estimate of drug-likeness (QED) is 0.0527. The van der Waals surface area contributed by atoms with Crippen LogP contribution in [0.4, 0.5) is 0 Å². The smallest absolute Gasteiger partial charge is 0.305 e. The number of hydrogen-bond donors (Lipinski definition) is 2. The van der Waals surface area contributed by atoms with E-state index in [0.29, 0.717) is 38.5 Å². The number of Topliss-reactive ketones (excluding diaryl/α,β-unsaturated/α-hetero) is 1. The maximum atomic E-state index is 12.4. The van der Waals surface area contributed by atoms with Crippen molar-refractivity contribution in [3.63, 3.8) is 0 Å². The molecule has 0 saturated heterocycles. The second-order valence-corrected chi connectivity index (χ2v) is 10.5. The summed E-state index contributed by atoms with van der Waals surface area (Å²) in [6.07, 6.45) is 8.47. The van der Waals surface area contributed by atoms with E-state index in [1.807, 2.05) is 0 Å². The number of hydrogen-bond acceptors (Lipinski definition) is 14. The summed E-state index contributed by atoms with van der Waals surface area (Å²) in [6, 6.07) is 0. The zero-order valence-corrected chi connectivity index (χ0v) is 23.7. The number of carbonyl (C=O) groups excluding carboxylic acids is 2. The SMILES string of the molecule is CCCCC[C@H](O)/C=C/[C@H]1[C@H](O)CC(=O)[C@@H]1CCCCCCC(=O)OCC(CO[N+](=O)[O-])(CO[N+](=O)[O-])CO[N+](=O)[O-]. The van der Waals surface area contributed by atoms with Gasteiger partial charge in [0, 0.05) is 24.7 Å². The molecule has 17 nitrogen and oxygen atoms in total. The highest BCUT2D eigenvalue weighted by Crippen LogP contribution is 2.34. The van der Waals surface area contributed by atoms with Gasteiger partial charge in [0.15, 0.2) is 0 Å². The minimum absolute atomic E-state index is 0.0205. The Balaban J connectivity index is 2.51. The van der Waals surface area contributed by atoms with Crippen molar-refractivity contribution in [1.29, 1.82) is 0 Å². The van der Waals surface area contributed by atoms with E-state index in [-0.39, 0.29) is 30.5 Å². The highest BCUT2D eigenvalue weighted by atomic mass is 17.0. The Labute approximate surface area is 242 Å². The van der Waals surface area contributed by atoms with Gasteiger partial charge in [0.05, 0.1) is 17.6 Å². The molecule has 0 spiro atoms. The molecule has 0 bridgehead atoms. The van der Waals surface area contributed by atoms with Gasteiger partial charge in [-0.1, -0.05) is 57.6 Å². The van der Waals surface area contributed by atoms with Crippen LogP contribution >= 0.6 is 0 Å². The molecule has 1 fully saturated rings. The molecule has 0 radical (unpaired) electrons. The number of esters is 1. The van der Waals surface area contributed by atoms with Crippen LogP contribution < -0.4 is 0 Å². The van der Waals surface area contributed by atoms with E-state index in [4.69, 9.17) is 4.74 Å². The molecule has 0 aromatic carbocycles. The van der Waals surface area contributed by atoms with Gasteiger partial charge in [0.2, 0.25) is 0 Å². The fraction of sp³-hybridized carbons (Fsp3) is 0.840. The third-order valence-electron chi connectivity index (χ3n) is 7.01. The largest absolute Gasteiger partial charge is 0.465 e. The summed E-state index contributed by atoms with van der Waals surface area (Å²) in [7, 11) is 0. The van der Waals surface area contributed by atoms with E-state index in [2.05, 4.69) is 21.4 Å². The molecule has 1 rings (SSSR count). The van der Waals surface area contributed by atoms with Gasteiger partial charge in [-0.15, -0.1) is 30.3 Å². The third kappa shape index (κ3) is 14.9. The van der Waals surface area contributed by atoms with E-state index in [1.165, 1.54) is 0 Å². The lowest BCUT2D eigenvalue weighted by atomic mass is 9.88. The molecule has 17 heteroatoms. The molecule has 0 aliphatic heterocycles. The molecule has 1 saturated carbocycles. The summed E-state index contributed by atoms with van der Waals surface area (Å²) in [6.45, 7) is -1.47. The highest BCUT2D eigenvalue weighted by molar-refractivity contribution is 5.84. The summed E-state index contributed by atoms with van der Waals surface area (Å²) >= 11 is 0. The first-order valence-electron chi connectivity index (χ1n) is 13.9. The first-order valence-corrected chi connectivity index (χ1v) is 13.9. The summed E-state index contributed by atoms with van der Waals surface area (Å²) in [5.74, 6) is -1.47.